The van der Waals surface area contributed by atoms with E-state index in [0.717, 1.165) is 11.3 Å². The molecule has 0 aliphatic rings. The highest BCUT2D eigenvalue weighted by atomic mass is 35.5. The number of nitrogens with zero attached hydrogens (tertiary/aromatic N) is 2. The fourth-order valence-electron chi connectivity index (χ4n) is 3.03. The van der Waals surface area contributed by atoms with Crippen molar-refractivity contribution < 1.29 is 23.0 Å². The van der Waals surface area contributed by atoms with E-state index in [0.29, 0.717) is 28.0 Å². The van der Waals surface area contributed by atoms with Gasteiger partial charge in [0.2, 0.25) is 0 Å². The van der Waals surface area contributed by atoms with Crippen molar-refractivity contribution >= 4 is 34.8 Å². The second kappa shape index (κ2) is 9.53. The van der Waals surface area contributed by atoms with Gasteiger partial charge >= 0.3 is 6.61 Å². The summed E-state index contributed by atoms with van der Waals surface area (Å²) in [5.41, 5.74) is 3.03. The SMILES string of the molecule is COc1cc(C(=O)Nc2c(C)nn(Cc3ccc(Cl)c(Cl)c3)c2C)ccc1OC(F)F. The smallest absolute Gasteiger partial charge is 0.387 e. The minimum Gasteiger partial charge on any atom is -0.493 e. The molecule has 164 valence electrons. The number of rotatable bonds is 7. The predicted octanol–water partition coefficient (Wildman–Crippen LogP) is 5.72. The molecule has 0 saturated carbocycles. The Hall–Kier alpha value is -2.84. The number of halogens is 4. The minimum absolute atomic E-state index is 0.0247. The molecule has 31 heavy (non-hydrogen) atoms. The van der Waals surface area contributed by atoms with Gasteiger partial charge in [-0.25, -0.2) is 0 Å². The number of alkyl halides is 2. The zero-order valence-corrected chi connectivity index (χ0v) is 18.4. The van der Waals surface area contributed by atoms with Crippen LogP contribution in [-0.4, -0.2) is 29.4 Å². The average Bonchev–Trinajstić information content (AvgIpc) is 2.98. The van der Waals surface area contributed by atoms with Gasteiger partial charge in [0.05, 0.1) is 40.8 Å². The molecule has 0 radical (unpaired) electrons. The first-order valence-electron chi connectivity index (χ1n) is 9.11. The quantitative estimate of drug-likeness (QED) is 0.480. The van der Waals surface area contributed by atoms with Crippen LogP contribution in [-0.2, 0) is 6.54 Å². The summed E-state index contributed by atoms with van der Waals surface area (Å²) in [4.78, 5) is 12.7. The number of hydrogen-bond donors (Lipinski definition) is 1. The summed E-state index contributed by atoms with van der Waals surface area (Å²) in [5.74, 6) is -0.574. The standard InChI is InChI=1S/C21H19Cl2F2N3O3/c1-11-19(12(2)28(27-11)10-13-4-6-15(22)16(23)8-13)26-20(29)14-5-7-17(31-21(24)25)18(9-14)30-3/h4-9,21H,10H2,1-3H3,(H,26,29). The number of aromatic nitrogens is 2. The van der Waals surface area contributed by atoms with Gasteiger partial charge in [-0.3, -0.25) is 9.48 Å². The molecule has 1 N–H and O–H groups in total. The van der Waals surface area contributed by atoms with Gasteiger partial charge in [-0.15, -0.1) is 0 Å². The molecule has 0 fully saturated rings. The van der Waals surface area contributed by atoms with E-state index in [4.69, 9.17) is 27.9 Å². The lowest BCUT2D eigenvalue weighted by atomic mass is 10.1. The molecule has 6 nitrogen and oxygen atoms in total. The summed E-state index contributed by atoms with van der Waals surface area (Å²) in [5, 5.41) is 8.21. The topological polar surface area (TPSA) is 65.4 Å². The summed E-state index contributed by atoms with van der Waals surface area (Å²) in [6, 6.07) is 9.28. The Labute approximate surface area is 187 Å². The Kier molecular flexibility index (Phi) is 7.02. The van der Waals surface area contributed by atoms with Crippen LogP contribution in [0.4, 0.5) is 14.5 Å². The monoisotopic (exact) mass is 469 g/mol. The Morgan fingerprint density at radius 3 is 2.52 bits per heavy atom. The molecule has 1 aromatic heterocycles. The number of ether oxygens (including phenoxy) is 2. The van der Waals surface area contributed by atoms with Gasteiger partial charge < -0.3 is 14.8 Å². The molecule has 3 rings (SSSR count). The molecule has 2 aromatic carbocycles. The van der Waals surface area contributed by atoms with Crippen LogP contribution in [0.15, 0.2) is 36.4 Å². The number of amides is 1. The third-order valence-electron chi connectivity index (χ3n) is 4.58. The van der Waals surface area contributed by atoms with Crippen LogP contribution in [0.1, 0.15) is 27.3 Å². The Balaban J connectivity index is 1.81. The number of benzene rings is 2. The van der Waals surface area contributed by atoms with Crippen LogP contribution in [0.3, 0.4) is 0 Å². The summed E-state index contributed by atoms with van der Waals surface area (Å²) in [7, 11) is 1.30. The highest BCUT2D eigenvalue weighted by Crippen LogP contribution is 2.30. The van der Waals surface area contributed by atoms with Gasteiger partial charge in [-0.05, 0) is 49.7 Å². The largest absolute Gasteiger partial charge is 0.493 e. The average molecular weight is 470 g/mol. The highest BCUT2D eigenvalue weighted by Gasteiger charge is 2.18. The highest BCUT2D eigenvalue weighted by molar-refractivity contribution is 6.42. The van der Waals surface area contributed by atoms with Crippen LogP contribution in [0.5, 0.6) is 11.5 Å². The van der Waals surface area contributed by atoms with Crippen molar-refractivity contribution in [3.63, 3.8) is 0 Å². The maximum absolute atomic E-state index is 12.7. The molecular weight excluding hydrogens is 451 g/mol. The van der Waals surface area contributed by atoms with E-state index in [-0.39, 0.29) is 17.1 Å². The van der Waals surface area contributed by atoms with Crippen molar-refractivity contribution in [2.24, 2.45) is 0 Å². The second-order valence-electron chi connectivity index (χ2n) is 6.65. The van der Waals surface area contributed by atoms with Gasteiger partial charge in [0, 0.05) is 5.56 Å². The molecule has 10 heteroatoms. The van der Waals surface area contributed by atoms with Gasteiger partial charge in [-0.2, -0.15) is 13.9 Å². The van der Waals surface area contributed by atoms with Crippen molar-refractivity contribution in [1.29, 1.82) is 0 Å². The molecule has 1 heterocycles. The lowest BCUT2D eigenvalue weighted by Gasteiger charge is -2.12. The van der Waals surface area contributed by atoms with E-state index in [1.54, 1.807) is 23.7 Å². The number of carbonyl (C=O) groups excluding carboxylic acids is 1. The Bertz CT molecular complexity index is 1120. The number of hydrogen-bond acceptors (Lipinski definition) is 4. The van der Waals surface area contributed by atoms with E-state index >= 15 is 0 Å². The van der Waals surface area contributed by atoms with E-state index in [2.05, 4.69) is 15.2 Å². The summed E-state index contributed by atoms with van der Waals surface area (Å²) >= 11 is 12.0. The van der Waals surface area contributed by atoms with Gasteiger partial charge in [-0.1, -0.05) is 29.3 Å². The maximum Gasteiger partial charge on any atom is 0.387 e. The minimum atomic E-state index is -3.00. The van der Waals surface area contributed by atoms with E-state index in [1.165, 1.54) is 25.3 Å². The lowest BCUT2D eigenvalue weighted by molar-refractivity contribution is -0.0512. The van der Waals surface area contributed by atoms with Gasteiger partial charge in [0.25, 0.3) is 5.91 Å². The molecular formula is C21H19Cl2F2N3O3. The van der Waals surface area contributed by atoms with E-state index in [1.807, 2.05) is 13.0 Å². The fourth-order valence-corrected chi connectivity index (χ4v) is 3.35. The molecule has 0 saturated heterocycles. The zero-order chi connectivity index (χ0) is 22.7. The molecule has 0 bridgehead atoms. The van der Waals surface area contributed by atoms with Crippen LogP contribution in [0, 0.1) is 13.8 Å². The number of methoxy groups -OCH3 is 1. The first-order chi connectivity index (χ1) is 14.7. The van der Waals surface area contributed by atoms with E-state index < -0.39 is 12.5 Å². The Morgan fingerprint density at radius 1 is 1.13 bits per heavy atom. The molecule has 1 amide bonds. The van der Waals surface area contributed by atoms with Crippen molar-refractivity contribution in [2.75, 3.05) is 12.4 Å². The molecule has 0 aliphatic carbocycles. The summed E-state index contributed by atoms with van der Waals surface area (Å²) < 4.78 is 36.2. The van der Waals surface area contributed by atoms with Crippen molar-refractivity contribution in [3.8, 4) is 11.5 Å². The van der Waals surface area contributed by atoms with Crippen LogP contribution < -0.4 is 14.8 Å². The number of anilines is 1. The first kappa shape index (κ1) is 22.8. The van der Waals surface area contributed by atoms with Crippen LogP contribution in [0.2, 0.25) is 10.0 Å². The Morgan fingerprint density at radius 2 is 1.87 bits per heavy atom. The maximum atomic E-state index is 12.7. The number of aryl methyl sites for hydroxylation is 1. The fraction of sp³-hybridized carbons (Fsp3) is 0.238. The third kappa shape index (κ3) is 5.26. The molecule has 3 aromatic rings. The van der Waals surface area contributed by atoms with Crippen molar-refractivity contribution in [2.45, 2.75) is 27.0 Å². The predicted molar refractivity (Wildman–Crippen MR) is 115 cm³/mol. The summed E-state index contributed by atoms with van der Waals surface area (Å²) in [6.07, 6.45) is 0. The number of nitrogens with one attached hydrogen (secondary N) is 1. The molecule has 0 unspecified atom stereocenters. The molecule has 0 spiro atoms. The van der Waals surface area contributed by atoms with Crippen molar-refractivity contribution in [3.05, 3.63) is 69.0 Å². The van der Waals surface area contributed by atoms with Gasteiger partial charge in [0.1, 0.15) is 0 Å². The lowest BCUT2D eigenvalue weighted by Crippen LogP contribution is -2.14. The first-order valence-corrected chi connectivity index (χ1v) is 9.87. The van der Waals surface area contributed by atoms with Crippen LogP contribution in [0.25, 0.3) is 0 Å². The van der Waals surface area contributed by atoms with E-state index in [9.17, 15) is 13.6 Å². The van der Waals surface area contributed by atoms with Crippen LogP contribution >= 0.6 is 23.2 Å². The normalized spacial score (nSPS) is 11.0. The van der Waals surface area contributed by atoms with Crippen molar-refractivity contribution in [1.82, 2.24) is 9.78 Å². The zero-order valence-electron chi connectivity index (χ0n) is 16.9. The van der Waals surface area contributed by atoms with Gasteiger partial charge in [0.15, 0.2) is 11.5 Å². The third-order valence-corrected chi connectivity index (χ3v) is 5.32. The number of carbonyl (C=O) groups is 1. The molecule has 0 aliphatic heterocycles. The summed E-state index contributed by atoms with van der Waals surface area (Å²) in [6.45, 7) is 1.04. The second-order valence-corrected chi connectivity index (χ2v) is 7.46. The molecule has 0 atom stereocenters.